The lowest BCUT2D eigenvalue weighted by Crippen LogP contribution is -2.28. The van der Waals surface area contributed by atoms with Crippen LogP contribution in [0.4, 0.5) is 0 Å². The molecule has 0 fully saturated rings. The second kappa shape index (κ2) is 53.4. The van der Waals surface area contributed by atoms with Crippen LogP contribution in [0.5, 0.6) is 0 Å². The molecular weight excluding hydrogens is 777 g/mol. The van der Waals surface area contributed by atoms with Gasteiger partial charge in [0, 0.05) is 12.8 Å². The van der Waals surface area contributed by atoms with E-state index in [2.05, 4.69) is 98.9 Å². The van der Waals surface area contributed by atoms with Crippen molar-refractivity contribution in [2.75, 3.05) is 13.2 Å². The fourth-order valence-electron chi connectivity index (χ4n) is 7.44. The first-order chi connectivity index (χ1) is 31.1. The summed E-state index contributed by atoms with van der Waals surface area (Å²) in [4.78, 5) is 24.3. The van der Waals surface area contributed by atoms with Gasteiger partial charge in [0.15, 0.2) is 6.10 Å². The number of hydrogen-bond donors (Lipinski definition) is 1. The summed E-state index contributed by atoms with van der Waals surface area (Å²) in [6, 6.07) is 0. The zero-order valence-electron chi connectivity index (χ0n) is 41.3. The summed E-state index contributed by atoms with van der Waals surface area (Å²) in [5.41, 5.74) is 0. The Kier molecular flexibility index (Phi) is 50.9. The molecule has 0 amide bonds. The summed E-state index contributed by atoms with van der Waals surface area (Å²) < 4.78 is 10.6. The van der Waals surface area contributed by atoms with Gasteiger partial charge in [-0.15, -0.1) is 0 Å². The number of carbonyl (C=O) groups excluding carboxylic acids is 2. The van der Waals surface area contributed by atoms with Crippen LogP contribution in [0.1, 0.15) is 251 Å². The Morgan fingerprint density at radius 1 is 0.381 bits per heavy atom. The Bertz CT molecular complexity index is 1170. The van der Waals surface area contributed by atoms with Crippen LogP contribution in [0.2, 0.25) is 0 Å². The van der Waals surface area contributed by atoms with Gasteiger partial charge < -0.3 is 14.6 Å². The molecule has 0 heterocycles. The number of ether oxygens (including phenoxy) is 2. The largest absolute Gasteiger partial charge is 0.462 e. The van der Waals surface area contributed by atoms with E-state index >= 15 is 0 Å². The van der Waals surface area contributed by atoms with Gasteiger partial charge in [-0.2, -0.15) is 0 Å². The average Bonchev–Trinajstić information content (AvgIpc) is 3.29. The molecule has 0 aliphatic carbocycles. The number of allylic oxidation sites excluding steroid dienone is 14. The van der Waals surface area contributed by atoms with Gasteiger partial charge in [-0.1, -0.05) is 240 Å². The van der Waals surface area contributed by atoms with Crippen molar-refractivity contribution in [2.45, 2.75) is 258 Å². The highest BCUT2D eigenvalue weighted by molar-refractivity contribution is 5.70. The van der Waals surface area contributed by atoms with Crippen LogP contribution < -0.4 is 0 Å². The molecule has 1 N–H and O–H groups in total. The first kappa shape index (κ1) is 60.1. The van der Waals surface area contributed by atoms with Crippen molar-refractivity contribution >= 4 is 11.9 Å². The summed E-state index contributed by atoms with van der Waals surface area (Å²) >= 11 is 0. The average molecular weight is 877 g/mol. The number of hydrogen-bond acceptors (Lipinski definition) is 5. The fourth-order valence-corrected chi connectivity index (χ4v) is 7.44. The number of rotatable bonds is 48. The van der Waals surface area contributed by atoms with E-state index in [0.717, 1.165) is 89.9 Å². The molecule has 1 unspecified atom stereocenters. The molecule has 0 aromatic carbocycles. The van der Waals surface area contributed by atoms with Crippen LogP contribution in [0, 0.1) is 0 Å². The van der Waals surface area contributed by atoms with Gasteiger partial charge in [-0.3, -0.25) is 9.59 Å². The summed E-state index contributed by atoms with van der Waals surface area (Å²) in [6.45, 7) is 3.96. The molecule has 5 heteroatoms. The van der Waals surface area contributed by atoms with Crippen LogP contribution in [0.3, 0.4) is 0 Å². The number of esters is 2. The lowest BCUT2D eigenvalue weighted by molar-refractivity contribution is -0.161. The molecule has 362 valence electrons. The molecule has 63 heavy (non-hydrogen) atoms. The smallest absolute Gasteiger partial charge is 0.306 e. The lowest BCUT2D eigenvalue weighted by Gasteiger charge is -2.15. The normalized spacial score (nSPS) is 12.9. The fraction of sp³-hybridized carbons (Fsp3) is 0.724. The van der Waals surface area contributed by atoms with E-state index < -0.39 is 6.10 Å². The first-order valence-electron chi connectivity index (χ1n) is 26.6. The predicted octanol–water partition coefficient (Wildman–Crippen LogP) is 17.8. The second-order valence-electron chi connectivity index (χ2n) is 17.6. The van der Waals surface area contributed by atoms with Gasteiger partial charge in [-0.25, -0.2) is 0 Å². The van der Waals surface area contributed by atoms with Gasteiger partial charge >= 0.3 is 11.9 Å². The standard InChI is InChI=1S/C58H100O5/c1-3-5-7-9-11-13-15-16-17-18-19-20-21-22-23-24-25-26-27-28-29-30-31-32-33-34-35-36-37-38-39-40-41-42-43-45-47-49-51-53-58(61)63-56(54-59)55-62-57(60)52-50-48-46-44-14-12-10-8-6-4-2/h5,7-8,10-11,13,16-17,19-20,22-23,25-26,56,59H,3-4,6,9,12,14-15,18,21,24,27-55H2,1-2H3/b7-5-,10-8-,13-11-,17-16-,20-19-,23-22-,26-25-. The van der Waals surface area contributed by atoms with Crippen LogP contribution >= 0.6 is 0 Å². The molecule has 0 spiro atoms. The van der Waals surface area contributed by atoms with E-state index in [1.165, 1.54) is 135 Å². The van der Waals surface area contributed by atoms with Crippen molar-refractivity contribution in [1.29, 1.82) is 0 Å². The number of carbonyl (C=O) groups is 2. The third kappa shape index (κ3) is 51.6. The predicted molar refractivity (Wildman–Crippen MR) is 274 cm³/mol. The maximum absolute atomic E-state index is 12.2. The third-order valence-corrected chi connectivity index (χ3v) is 11.4. The molecule has 1 atom stereocenters. The van der Waals surface area contributed by atoms with Gasteiger partial charge in [0.2, 0.25) is 0 Å². The van der Waals surface area contributed by atoms with Crippen molar-refractivity contribution in [3.05, 3.63) is 85.1 Å². The van der Waals surface area contributed by atoms with Crippen molar-refractivity contribution in [3.63, 3.8) is 0 Å². The van der Waals surface area contributed by atoms with Gasteiger partial charge in [0.05, 0.1) is 6.61 Å². The van der Waals surface area contributed by atoms with Crippen LogP contribution in [0.25, 0.3) is 0 Å². The number of aliphatic hydroxyl groups excluding tert-OH is 1. The van der Waals surface area contributed by atoms with E-state index in [1.54, 1.807) is 0 Å². The monoisotopic (exact) mass is 877 g/mol. The summed E-state index contributed by atoms with van der Waals surface area (Å²) in [6.07, 6.45) is 74.3. The van der Waals surface area contributed by atoms with Crippen LogP contribution in [-0.4, -0.2) is 36.4 Å². The Hall–Kier alpha value is -2.92. The Balaban J connectivity index is 3.42. The van der Waals surface area contributed by atoms with E-state index in [9.17, 15) is 14.7 Å². The molecule has 0 rings (SSSR count). The van der Waals surface area contributed by atoms with Gasteiger partial charge in [0.1, 0.15) is 6.61 Å². The molecule has 0 aromatic heterocycles. The van der Waals surface area contributed by atoms with E-state index in [0.29, 0.717) is 12.8 Å². The van der Waals surface area contributed by atoms with Gasteiger partial charge in [-0.05, 0) is 83.5 Å². The third-order valence-electron chi connectivity index (χ3n) is 11.4. The maximum Gasteiger partial charge on any atom is 0.306 e. The minimum absolute atomic E-state index is 0.0698. The van der Waals surface area contributed by atoms with Crippen molar-refractivity contribution in [1.82, 2.24) is 0 Å². The molecule has 0 aliphatic heterocycles. The SMILES string of the molecule is CC/C=C\C/C=C\C/C=C\C/C=C\C/C=C\C/C=C\CCCCCCCCCCCCCCCCCCCCCCC(=O)OC(CO)COC(=O)CCCCCCC/C=C\CCC. The molecule has 0 saturated carbocycles. The Morgan fingerprint density at radius 2 is 0.683 bits per heavy atom. The zero-order chi connectivity index (χ0) is 45.6. The van der Waals surface area contributed by atoms with E-state index in [-0.39, 0.29) is 25.2 Å². The molecule has 0 aliphatic rings. The minimum atomic E-state index is -0.774. The zero-order valence-corrected chi connectivity index (χ0v) is 41.3. The molecule has 0 aromatic rings. The van der Waals surface area contributed by atoms with Crippen LogP contribution in [0.15, 0.2) is 85.1 Å². The minimum Gasteiger partial charge on any atom is -0.462 e. The Labute approximate surface area is 390 Å². The number of unbranched alkanes of at least 4 members (excludes halogenated alkanes) is 26. The van der Waals surface area contributed by atoms with E-state index in [4.69, 9.17) is 9.47 Å². The van der Waals surface area contributed by atoms with Crippen molar-refractivity contribution < 1.29 is 24.2 Å². The lowest BCUT2D eigenvalue weighted by atomic mass is 10.0. The first-order valence-corrected chi connectivity index (χ1v) is 26.6. The highest BCUT2D eigenvalue weighted by Crippen LogP contribution is 2.16. The second-order valence-corrected chi connectivity index (χ2v) is 17.6. The van der Waals surface area contributed by atoms with Crippen LogP contribution in [-0.2, 0) is 19.1 Å². The number of aliphatic hydroxyl groups is 1. The molecule has 0 saturated heterocycles. The summed E-state index contributed by atoms with van der Waals surface area (Å²) in [5, 5.41) is 9.58. The highest BCUT2D eigenvalue weighted by atomic mass is 16.6. The quantitative estimate of drug-likeness (QED) is 0.0374. The van der Waals surface area contributed by atoms with Gasteiger partial charge in [0.25, 0.3) is 0 Å². The molecular formula is C58H100O5. The Morgan fingerprint density at radius 3 is 1.05 bits per heavy atom. The van der Waals surface area contributed by atoms with E-state index in [1.807, 2.05) is 0 Å². The topological polar surface area (TPSA) is 72.8 Å². The molecule has 5 nitrogen and oxygen atoms in total. The maximum atomic E-state index is 12.2. The van der Waals surface area contributed by atoms with Crippen molar-refractivity contribution in [2.24, 2.45) is 0 Å². The highest BCUT2D eigenvalue weighted by Gasteiger charge is 2.16. The summed E-state index contributed by atoms with van der Waals surface area (Å²) in [5.74, 6) is -0.599. The molecule has 0 bridgehead atoms. The molecule has 0 radical (unpaired) electrons. The summed E-state index contributed by atoms with van der Waals surface area (Å²) in [7, 11) is 0. The van der Waals surface area contributed by atoms with Crippen molar-refractivity contribution in [3.8, 4) is 0 Å².